The Morgan fingerprint density at radius 1 is 0.925 bits per heavy atom. The Morgan fingerprint density at radius 2 is 1.55 bits per heavy atom. The summed E-state index contributed by atoms with van der Waals surface area (Å²) >= 11 is 5.96. The standard InChI is InChI=1S/C30H30ClNO7S/c31-23-13-9-20(10-14-23)21-11-15-26(16-12-21)40(37,38)32(19-28(33)34)30(29(35)36)18-27(30)22-5-4-8-25(17-22)39-24-6-2-1-3-7-24/h4-5,8-17,24,27H,1-3,6-7,18-19H2,(H,33,34)(H,35,36). The summed E-state index contributed by atoms with van der Waals surface area (Å²) in [5.74, 6) is -2.97. The number of hydrogen-bond acceptors (Lipinski definition) is 5. The summed E-state index contributed by atoms with van der Waals surface area (Å²) in [6, 6.07) is 20.0. The van der Waals surface area contributed by atoms with Crippen molar-refractivity contribution < 1.29 is 33.0 Å². The minimum atomic E-state index is -4.50. The van der Waals surface area contributed by atoms with E-state index in [1.165, 1.54) is 18.6 Å². The highest BCUT2D eigenvalue weighted by Gasteiger charge is 2.68. The van der Waals surface area contributed by atoms with Crippen molar-refractivity contribution in [2.45, 2.75) is 61.0 Å². The van der Waals surface area contributed by atoms with Gasteiger partial charge >= 0.3 is 11.9 Å². The van der Waals surface area contributed by atoms with Crippen molar-refractivity contribution in [1.82, 2.24) is 4.31 Å². The van der Waals surface area contributed by atoms with Crippen LogP contribution in [0, 0.1) is 0 Å². The number of rotatable bonds is 10. The molecule has 0 radical (unpaired) electrons. The van der Waals surface area contributed by atoms with Crippen LogP contribution in [0.1, 0.15) is 50.0 Å². The van der Waals surface area contributed by atoms with Crippen molar-refractivity contribution in [3.63, 3.8) is 0 Å². The summed E-state index contributed by atoms with van der Waals surface area (Å²) in [4.78, 5) is 24.3. The number of aliphatic carboxylic acids is 2. The Labute approximate surface area is 238 Å². The minimum absolute atomic E-state index is 0.0510. The minimum Gasteiger partial charge on any atom is -0.490 e. The average molecular weight is 584 g/mol. The molecule has 2 unspecified atom stereocenters. The first kappa shape index (κ1) is 28.1. The van der Waals surface area contributed by atoms with Gasteiger partial charge in [0.2, 0.25) is 10.0 Å². The fourth-order valence-corrected chi connectivity index (χ4v) is 7.45. The number of hydrogen-bond donors (Lipinski definition) is 2. The molecular weight excluding hydrogens is 554 g/mol. The number of halogens is 1. The van der Waals surface area contributed by atoms with Crippen molar-refractivity contribution in [3.8, 4) is 16.9 Å². The molecule has 2 saturated carbocycles. The molecule has 0 amide bonds. The van der Waals surface area contributed by atoms with E-state index in [2.05, 4.69) is 0 Å². The quantitative estimate of drug-likeness (QED) is 0.309. The average Bonchev–Trinajstić information content (AvgIpc) is 3.70. The van der Waals surface area contributed by atoms with E-state index in [1.54, 1.807) is 60.7 Å². The van der Waals surface area contributed by atoms with Gasteiger partial charge in [-0.3, -0.25) is 9.59 Å². The van der Waals surface area contributed by atoms with Crippen LogP contribution in [0.25, 0.3) is 11.1 Å². The van der Waals surface area contributed by atoms with Gasteiger partial charge in [-0.15, -0.1) is 0 Å². The lowest BCUT2D eigenvalue weighted by Gasteiger charge is -2.28. The molecule has 2 fully saturated rings. The second-order valence-electron chi connectivity index (χ2n) is 10.4. The van der Waals surface area contributed by atoms with E-state index in [1.807, 2.05) is 0 Å². The number of sulfonamides is 1. The van der Waals surface area contributed by atoms with Crippen LogP contribution in [0.2, 0.25) is 5.02 Å². The van der Waals surface area contributed by atoms with Gasteiger partial charge in [-0.2, -0.15) is 4.31 Å². The van der Waals surface area contributed by atoms with E-state index in [0.717, 1.165) is 36.8 Å². The molecule has 2 aliphatic carbocycles. The maximum atomic E-state index is 13.8. The molecule has 0 spiro atoms. The van der Waals surface area contributed by atoms with Crippen LogP contribution in [0.15, 0.2) is 77.7 Å². The van der Waals surface area contributed by atoms with Gasteiger partial charge in [-0.25, -0.2) is 8.42 Å². The lowest BCUT2D eigenvalue weighted by molar-refractivity contribution is -0.145. The third kappa shape index (κ3) is 5.59. The molecule has 0 aliphatic heterocycles. The zero-order chi connectivity index (χ0) is 28.5. The van der Waals surface area contributed by atoms with Gasteiger partial charge in [0.05, 0.1) is 11.0 Å². The lowest BCUT2D eigenvalue weighted by Crippen LogP contribution is -2.50. The Morgan fingerprint density at radius 3 is 2.15 bits per heavy atom. The van der Waals surface area contributed by atoms with Crippen LogP contribution in [0.3, 0.4) is 0 Å². The van der Waals surface area contributed by atoms with Crippen molar-refractivity contribution in [3.05, 3.63) is 83.4 Å². The smallest absolute Gasteiger partial charge is 0.325 e. The fourth-order valence-electron chi connectivity index (χ4n) is 5.60. The maximum Gasteiger partial charge on any atom is 0.325 e. The highest BCUT2D eigenvalue weighted by atomic mass is 35.5. The zero-order valence-corrected chi connectivity index (χ0v) is 23.3. The molecule has 0 saturated heterocycles. The maximum absolute atomic E-state index is 13.8. The highest BCUT2D eigenvalue weighted by Crippen LogP contribution is 2.57. The molecule has 8 nitrogen and oxygen atoms in total. The first-order valence-electron chi connectivity index (χ1n) is 13.2. The van der Waals surface area contributed by atoms with Crippen LogP contribution in [-0.4, -0.2) is 53.1 Å². The summed E-state index contributed by atoms with van der Waals surface area (Å²) < 4.78 is 34.4. The molecule has 40 heavy (non-hydrogen) atoms. The van der Waals surface area contributed by atoms with Crippen LogP contribution in [0.4, 0.5) is 0 Å². The normalized spacial score (nSPS) is 21.2. The zero-order valence-electron chi connectivity index (χ0n) is 21.7. The van der Waals surface area contributed by atoms with Gasteiger partial charge in [0.1, 0.15) is 17.8 Å². The van der Waals surface area contributed by atoms with Crippen molar-refractivity contribution >= 4 is 33.6 Å². The van der Waals surface area contributed by atoms with Gasteiger partial charge in [0, 0.05) is 10.9 Å². The number of benzene rings is 3. The summed E-state index contributed by atoms with van der Waals surface area (Å²) in [6.45, 7) is -0.984. The molecular formula is C30H30ClNO7S. The van der Waals surface area contributed by atoms with Crippen LogP contribution in [-0.2, 0) is 19.6 Å². The largest absolute Gasteiger partial charge is 0.490 e. The molecule has 3 aromatic carbocycles. The van der Waals surface area contributed by atoms with Gasteiger partial charge in [0.15, 0.2) is 0 Å². The van der Waals surface area contributed by atoms with E-state index in [0.29, 0.717) is 20.6 Å². The van der Waals surface area contributed by atoms with Crippen LogP contribution in [0.5, 0.6) is 5.75 Å². The van der Waals surface area contributed by atoms with Crippen molar-refractivity contribution in [2.24, 2.45) is 0 Å². The number of ether oxygens (including phenoxy) is 1. The van der Waals surface area contributed by atoms with Crippen LogP contribution < -0.4 is 4.74 Å². The van der Waals surface area contributed by atoms with E-state index < -0.39 is 40.0 Å². The van der Waals surface area contributed by atoms with Gasteiger partial charge in [-0.1, -0.05) is 54.4 Å². The number of carbonyl (C=O) groups is 2. The molecule has 2 atom stereocenters. The molecule has 10 heteroatoms. The van der Waals surface area contributed by atoms with Crippen molar-refractivity contribution in [2.75, 3.05) is 6.54 Å². The first-order valence-corrected chi connectivity index (χ1v) is 15.0. The Bertz CT molecular complexity index is 1500. The van der Waals surface area contributed by atoms with Gasteiger partial charge < -0.3 is 14.9 Å². The van der Waals surface area contributed by atoms with Gasteiger partial charge in [-0.05, 0) is 85.2 Å². The summed E-state index contributed by atoms with van der Waals surface area (Å²) in [5, 5.41) is 20.5. The number of carboxylic acid groups (broad SMARTS) is 2. The van der Waals surface area contributed by atoms with Crippen molar-refractivity contribution in [1.29, 1.82) is 0 Å². The third-order valence-electron chi connectivity index (χ3n) is 7.76. The number of nitrogens with zero attached hydrogens (tertiary/aromatic N) is 1. The summed E-state index contributed by atoms with van der Waals surface area (Å²) in [6.07, 6.45) is 5.32. The predicted molar refractivity (Wildman–Crippen MR) is 150 cm³/mol. The summed E-state index contributed by atoms with van der Waals surface area (Å²) in [7, 11) is -4.50. The van der Waals surface area contributed by atoms with E-state index >= 15 is 0 Å². The molecule has 3 aromatic rings. The van der Waals surface area contributed by atoms with E-state index in [-0.39, 0.29) is 17.4 Å². The second kappa shape index (κ2) is 11.2. The molecule has 0 aromatic heterocycles. The fraction of sp³-hybridized carbons (Fsp3) is 0.333. The van der Waals surface area contributed by atoms with E-state index in [9.17, 15) is 28.2 Å². The topological polar surface area (TPSA) is 121 Å². The molecule has 210 valence electrons. The third-order valence-corrected chi connectivity index (χ3v) is 9.92. The van der Waals surface area contributed by atoms with E-state index in [4.69, 9.17) is 16.3 Å². The molecule has 2 aliphatic rings. The Kier molecular flexibility index (Phi) is 7.90. The molecule has 2 N–H and O–H groups in total. The molecule has 5 rings (SSSR count). The van der Waals surface area contributed by atoms with Gasteiger partial charge in [0.25, 0.3) is 0 Å². The lowest BCUT2D eigenvalue weighted by atomic mass is 9.97. The van der Waals surface area contributed by atoms with Crippen LogP contribution >= 0.6 is 11.6 Å². The monoisotopic (exact) mass is 583 g/mol. The first-order chi connectivity index (χ1) is 19.1. The Hall–Kier alpha value is -3.40. The Balaban J connectivity index is 1.45. The molecule has 0 bridgehead atoms. The second-order valence-corrected chi connectivity index (χ2v) is 12.7. The number of carboxylic acids is 2. The predicted octanol–water partition coefficient (Wildman–Crippen LogP) is 5.80. The summed E-state index contributed by atoms with van der Waals surface area (Å²) in [5.41, 5.74) is 0.206. The molecule has 0 heterocycles. The highest BCUT2D eigenvalue weighted by molar-refractivity contribution is 7.89. The SMILES string of the molecule is O=C(O)CN(C1(C(=O)O)CC1c1cccc(OC2CCCCC2)c1)S(=O)(=O)c1ccc(-c2ccc(Cl)cc2)cc1.